The van der Waals surface area contributed by atoms with Crippen molar-refractivity contribution in [2.45, 2.75) is 19.3 Å². The second-order valence-corrected chi connectivity index (χ2v) is 6.13. The van der Waals surface area contributed by atoms with Gasteiger partial charge in [-0.1, -0.05) is 12.1 Å². The zero-order valence-corrected chi connectivity index (χ0v) is 12.8. The number of carbonyl (C=O) groups is 2. The Balaban J connectivity index is 1.87. The van der Waals surface area contributed by atoms with Gasteiger partial charge in [-0.3, -0.25) is 9.59 Å². The van der Waals surface area contributed by atoms with Gasteiger partial charge in [-0.25, -0.2) is 0 Å². The van der Waals surface area contributed by atoms with E-state index < -0.39 is 0 Å². The number of anilines is 2. The summed E-state index contributed by atoms with van der Waals surface area (Å²) in [5.74, 6) is 0.483. The minimum Gasteiger partial charge on any atom is -0.370 e. The predicted octanol–water partition coefficient (Wildman–Crippen LogP) is 1.83. The molecule has 0 saturated carbocycles. The topological polar surface area (TPSA) is 75.4 Å². The van der Waals surface area contributed by atoms with Crippen molar-refractivity contribution in [3.63, 3.8) is 0 Å². The smallest absolute Gasteiger partial charge is 0.227 e. The van der Waals surface area contributed by atoms with Gasteiger partial charge in [0.15, 0.2) is 0 Å². The summed E-state index contributed by atoms with van der Waals surface area (Å²) in [6.45, 7) is 2.09. The largest absolute Gasteiger partial charge is 0.370 e. The fourth-order valence-electron chi connectivity index (χ4n) is 2.36. The van der Waals surface area contributed by atoms with Gasteiger partial charge in [-0.2, -0.15) is 11.8 Å². The van der Waals surface area contributed by atoms with Crippen LogP contribution in [-0.4, -0.2) is 36.4 Å². The Morgan fingerprint density at radius 1 is 1.24 bits per heavy atom. The number of amides is 2. The Morgan fingerprint density at radius 2 is 1.95 bits per heavy atom. The summed E-state index contributed by atoms with van der Waals surface area (Å²) < 4.78 is 0. The van der Waals surface area contributed by atoms with E-state index in [9.17, 15) is 9.59 Å². The molecule has 1 aromatic carbocycles. The molecule has 1 heterocycles. The monoisotopic (exact) mass is 307 g/mol. The molecule has 0 bridgehead atoms. The summed E-state index contributed by atoms with van der Waals surface area (Å²) >= 11 is 1.38. The van der Waals surface area contributed by atoms with Gasteiger partial charge < -0.3 is 16.0 Å². The predicted molar refractivity (Wildman–Crippen MR) is 87.7 cm³/mol. The number of primary amides is 1. The van der Waals surface area contributed by atoms with Crippen molar-refractivity contribution in [2.75, 3.05) is 34.8 Å². The number of rotatable bonds is 7. The van der Waals surface area contributed by atoms with Crippen molar-refractivity contribution in [3.8, 4) is 0 Å². The number of nitrogens with two attached hydrogens (primary N) is 1. The normalized spacial score (nSPS) is 14.2. The van der Waals surface area contributed by atoms with Crippen LogP contribution >= 0.6 is 11.8 Å². The summed E-state index contributed by atoms with van der Waals surface area (Å²) in [6, 6.07) is 7.90. The molecule has 5 nitrogen and oxygen atoms in total. The SMILES string of the molecule is NC(=O)CSCCC(=O)Nc1ccccc1N1CCCC1. The molecular formula is C15H21N3O2S. The molecule has 21 heavy (non-hydrogen) atoms. The molecule has 1 fully saturated rings. The summed E-state index contributed by atoms with van der Waals surface area (Å²) in [4.78, 5) is 24.9. The van der Waals surface area contributed by atoms with Crippen molar-refractivity contribution in [1.82, 2.24) is 0 Å². The van der Waals surface area contributed by atoms with Gasteiger partial charge in [-0.05, 0) is 25.0 Å². The molecule has 0 radical (unpaired) electrons. The lowest BCUT2D eigenvalue weighted by molar-refractivity contribution is -0.116. The number of thioether (sulfide) groups is 1. The van der Waals surface area contributed by atoms with Crippen LogP contribution in [0.15, 0.2) is 24.3 Å². The molecule has 1 aliphatic heterocycles. The molecule has 2 amide bonds. The standard InChI is InChI=1S/C15H21N3O2S/c16-14(19)11-21-10-7-15(20)17-12-5-1-2-6-13(12)18-8-3-4-9-18/h1-2,5-6H,3-4,7-11H2,(H2,16,19)(H,17,20). The van der Waals surface area contributed by atoms with E-state index in [0.29, 0.717) is 12.2 Å². The van der Waals surface area contributed by atoms with Crippen molar-refractivity contribution >= 4 is 35.0 Å². The van der Waals surface area contributed by atoms with Crippen molar-refractivity contribution in [1.29, 1.82) is 0 Å². The molecule has 0 spiro atoms. The van der Waals surface area contributed by atoms with Gasteiger partial charge in [0, 0.05) is 25.3 Å². The average molecular weight is 307 g/mol. The van der Waals surface area contributed by atoms with Crippen LogP contribution in [0.5, 0.6) is 0 Å². The van der Waals surface area contributed by atoms with Crippen molar-refractivity contribution < 1.29 is 9.59 Å². The van der Waals surface area contributed by atoms with Crippen LogP contribution in [0, 0.1) is 0 Å². The maximum Gasteiger partial charge on any atom is 0.227 e. The number of para-hydroxylation sites is 2. The fourth-order valence-corrected chi connectivity index (χ4v) is 3.04. The molecule has 1 aromatic rings. The van der Waals surface area contributed by atoms with E-state index in [-0.39, 0.29) is 17.6 Å². The molecule has 0 aliphatic carbocycles. The number of hydrogen-bond donors (Lipinski definition) is 2. The fraction of sp³-hybridized carbons (Fsp3) is 0.467. The zero-order chi connectivity index (χ0) is 15.1. The number of nitrogens with zero attached hydrogens (tertiary/aromatic N) is 1. The number of benzene rings is 1. The molecule has 0 aromatic heterocycles. The van der Waals surface area contributed by atoms with Crippen molar-refractivity contribution in [2.24, 2.45) is 5.73 Å². The summed E-state index contributed by atoms with van der Waals surface area (Å²) in [6.07, 6.45) is 2.78. The first-order valence-electron chi connectivity index (χ1n) is 7.16. The molecule has 1 saturated heterocycles. The first kappa shape index (κ1) is 15.7. The lowest BCUT2D eigenvalue weighted by Gasteiger charge is -2.21. The molecule has 2 rings (SSSR count). The maximum absolute atomic E-state index is 12.0. The van der Waals surface area contributed by atoms with Crippen LogP contribution in [0.1, 0.15) is 19.3 Å². The van der Waals surface area contributed by atoms with E-state index in [1.54, 1.807) is 0 Å². The summed E-state index contributed by atoms with van der Waals surface area (Å²) in [7, 11) is 0. The van der Waals surface area contributed by atoms with Gasteiger partial charge >= 0.3 is 0 Å². The van der Waals surface area contributed by atoms with Crippen LogP contribution in [0.3, 0.4) is 0 Å². The Kier molecular flexibility index (Phi) is 5.92. The highest BCUT2D eigenvalue weighted by Gasteiger charge is 2.16. The molecule has 1 aliphatic rings. The van der Waals surface area contributed by atoms with Crippen LogP contribution in [0.25, 0.3) is 0 Å². The van der Waals surface area contributed by atoms with Crippen LogP contribution in [0.2, 0.25) is 0 Å². The van der Waals surface area contributed by atoms with Crippen LogP contribution in [-0.2, 0) is 9.59 Å². The lowest BCUT2D eigenvalue weighted by atomic mass is 10.2. The summed E-state index contributed by atoms with van der Waals surface area (Å²) in [5, 5.41) is 2.97. The Morgan fingerprint density at radius 3 is 2.67 bits per heavy atom. The molecule has 0 atom stereocenters. The highest BCUT2D eigenvalue weighted by molar-refractivity contribution is 7.99. The van der Waals surface area contributed by atoms with Crippen LogP contribution in [0.4, 0.5) is 11.4 Å². The molecular weight excluding hydrogens is 286 g/mol. The number of hydrogen-bond acceptors (Lipinski definition) is 4. The van der Waals surface area contributed by atoms with E-state index in [1.807, 2.05) is 24.3 Å². The quantitative estimate of drug-likeness (QED) is 0.754. The summed E-state index contributed by atoms with van der Waals surface area (Å²) in [5.41, 5.74) is 7.01. The van der Waals surface area contributed by atoms with Gasteiger partial charge in [0.2, 0.25) is 11.8 Å². The van der Waals surface area contributed by atoms with E-state index in [2.05, 4.69) is 10.2 Å². The average Bonchev–Trinajstić information content (AvgIpc) is 2.98. The Hall–Kier alpha value is -1.69. The molecule has 114 valence electrons. The van der Waals surface area contributed by atoms with E-state index in [4.69, 9.17) is 5.73 Å². The number of carbonyl (C=O) groups excluding carboxylic acids is 2. The third kappa shape index (κ3) is 4.97. The van der Waals surface area contributed by atoms with Crippen LogP contribution < -0.4 is 16.0 Å². The number of nitrogens with one attached hydrogen (secondary N) is 1. The third-order valence-corrected chi connectivity index (χ3v) is 4.32. The second-order valence-electron chi connectivity index (χ2n) is 5.03. The first-order chi connectivity index (χ1) is 10.2. The van der Waals surface area contributed by atoms with Crippen molar-refractivity contribution in [3.05, 3.63) is 24.3 Å². The van der Waals surface area contributed by atoms with E-state index in [1.165, 1.54) is 24.6 Å². The molecule has 3 N–H and O–H groups in total. The van der Waals surface area contributed by atoms with E-state index >= 15 is 0 Å². The Bertz CT molecular complexity index is 501. The van der Waals surface area contributed by atoms with Gasteiger partial charge in [0.25, 0.3) is 0 Å². The molecule has 0 unspecified atom stereocenters. The minimum absolute atomic E-state index is 0.0291. The second kappa shape index (κ2) is 7.93. The highest BCUT2D eigenvalue weighted by atomic mass is 32.2. The van der Waals surface area contributed by atoms with E-state index in [0.717, 1.165) is 24.5 Å². The van der Waals surface area contributed by atoms with Gasteiger partial charge in [-0.15, -0.1) is 0 Å². The zero-order valence-electron chi connectivity index (χ0n) is 12.0. The maximum atomic E-state index is 12.0. The Labute approximate surface area is 129 Å². The van der Waals surface area contributed by atoms with Gasteiger partial charge in [0.05, 0.1) is 17.1 Å². The third-order valence-electron chi connectivity index (χ3n) is 3.34. The minimum atomic E-state index is -0.347. The lowest BCUT2D eigenvalue weighted by Crippen LogP contribution is -2.21. The highest BCUT2D eigenvalue weighted by Crippen LogP contribution is 2.28. The first-order valence-corrected chi connectivity index (χ1v) is 8.32. The molecule has 6 heteroatoms. The van der Waals surface area contributed by atoms with Gasteiger partial charge in [0.1, 0.15) is 0 Å².